The van der Waals surface area contributed by atoms with Crippen LogP contribution in [0, 0.1) is 17.1 Å². The molecule has 1 aliphatic heterocycles. The molecule has 0 spiro atoms. The number of nitriles is 1. The number of carbonyl (C=O) groups is 1. The first-order valence-corrected chi connectivity index (χ1v) is 14.6. The number of benzene rings is 2. The summed E-state index contributed by atoms with van der Waals surface area (Å²) in [7, 11) is 1.86. The third kappa shape index (κ3) is 5.81. The van der Waals surface area contributed by atoms with Gasteiger partial charge in [-0.15, -0.1) is 0 Å². The molecule has 0 aliphatic carbocycles. The number of hydrogen-bond acceptors (Lipinski definition) is 8. The fourth-order valence-corrected chi connectivity index (χ4v) is 5.83. The lowest BCUT2D eigenvalue weighted by molar-refractivity contribution is 0.0240. The van der Waals surface area contributed by atoms with Crippen LogP contribution in [-0.2, 0) is 11.3 Å². The maximum Gasteiger partial charge on any atom is 0.410 e. The Morgan fingerprint density at radius 2 is 1.81 bits per heavy atom. The third-order valence-electron chi connectivity index (χ3n) is 7.17. The first kappa shape index (κ1) is 29.1. The topological polar surface area (TPSA) is 94.7 Å². The smallest absolute Gasteiger partial charge is 0.410 e. The first-order valence-electron chi connectivity index (χ1n) is 13.8. The molecule has 218 valence electrons. The number of aryl methyl sites for hydroxylation is 1. The summed E-state index contributed by atoms with van der Waals surface area (Å²) in [6, 6.07) is 13.9. The van der Waals surface area contributed by atoms with E-state index < -0.39 is 5.60 Å². The molecule has 4 aromatic rings. The van der Waals surface area contributed by atoms with Crippen LogP contribution in [0.15, 0.2) is 53.5 Å². The minimum Gasteiger partial charge on any atom is -0.444 e. The molecule has 1 aliphatic rings. The quantitative estimate of drug-likeness (QED) is 0.283. The van der Waals surface area contributed by atoms with E-state index >= 15 is 0 Å². The Bertz CT molecular complexity index is 1730. The first-order chi connectivity index (χ1) is 20.0. The van der Waals surface area contributed by atoms with Crippen LogP contribution in [0.25, 0.3) is 22.0 Å². The number of ether oxygens (including phenoxy) is 1. The van der Waals surface area contributed by atoms with Crippen LogP contribution in [0.2, 0.25) is 0 Å². The molecule has 0 N–H and O–H groups in total. The van der Waals surface area contributed by atoms with Gasteiger partial charge >= 0.3 is 6.09 Å². The van der Waals surface area contributed by atoms with E-state index in [1.807, 2.05) is 64.0 Å². The van der Waals surface area contributed by atoms with Crippen molar-refractivity contribution in [2.45, 2.75) is 39.8 Å². The normalized spacial score (nSPS) is 13.7. The van der Waals surface area contributed by atoms with Crippen molar-refractivity contribution in [1.29, 1.82) is 5.26 Å². The second-order valence-electron chi connectivity index (χ2n) is 11.1. The Morgan fingerprint density at radius 3 is 2.43 bits per heavy atom. The number of rotatable bonds is 5. The van der Waals surface area contributed by atoms with Crippen molar-refractivity contribution in [2.24, 2.45) is 0 Å². The maximum atomic E-state index is 13.5. The molecule has 2 aromatic heterocycles. The largest absolute Gasteiger partial charge is 0.444 e. The van der Waals surface area contributed by atoms with Gasteiger partial charge in [-0.05, 0) is 70.2 Å². The zero-order valence-electron chi connectivity index (χ0n) is 24.3. The number of hydrogen-bond donors (Lipinski definition) is 0. The maximum absolute atomic E-state index is 13.5. The Kier molecular flexibility index (Phi) is 7.93. The number of pyridine rings is 1. The highest BCUT2D eigenvalue weighted by Gasteiger charge is 2.27. The van der Waals surface area contributed by atoms with Crippen LogP contribution in [0.1, 0.15) is 32.6 Å². The van der Waals surface area contributed by atoms with Crippen LogP contribution in [-0.4, -0.2) is 59.4 Å². The Morgan fingerprint density at radius 1 is 1.12 bits per heavy atom. The van der Waals surface area contributed by atoms with Gasteiger partial charge in [0.05, 0.1) is 5.69 Å². The van der Waals surface area contributed by atoms with E-state index in [2.05, 4.69) is 11.0 Å². The van der Waals surface area contributed by atoms with Gasteiger partial charge in [0.25, 0.3) is 5.56 Å². The van der Waals surface area contributed by atoms with Gasteiger partial charge in [-0.1, -0.05) is 11.3 Å². The second kappa shape index (κ2) is 11.4. The predicted octanol–water partition coefficient (Wildman–Crippen LogP) is 5.98. The molecule has 0 bridgehead atoms. The molecular formula is C31H33FN6O3S. The average molecular weight is 589 g/mol. The van der Waals surface area contributed by atoms with Crippen LogP contribution in [0.3, 0.4) is 0 Å². The minimum atomic E-state index is -0.550. The van der Waals surface area contributed by atoms with E-state index in [0.717, 1.165) is 16.8 Å². The van der Waals surface area contributed by atoms with Crippen molar-refractivity contribution in [1.82, 2.24) is 14.5 Å². The number of anilines is 3. The molecule has 0 unspecified atom stereocenters. The van der Waals surface area contributed by atoms with Crippen molar-refractivity contribution in [3.05, 3.63) is 69.7 Å². The molecule has 0 saturated carbocycles. The number of fused-ring (bicyclic) bond motifs is 1. The van der Waals surface area contributed by atoms with E-state index in [4.69, 9.17) is 9.72 Å². The summed E-state index contributed by atoms with van der Waals surface area (Å²) in [5.74, 6) is -0.361. The number of amides is 1. The summed E-state index contributed by atoms with van der Waals surface area (Å²) in [6.07, 6.45) is 1.50. The summed E-state index contributed by atoms with van der Waals surface area (Å²) < 4.78 is 20.7. The Balaban J connectivity index is 1.49. The molecule has 0 atom stereocenters. The highest BCUT2D eigenvalue weighted by molar-refractivity contribution is 7.16. The van der Waals surface area contributed by atoms with Gasteiger partial charge < -0.3 is 24.0 Å². The second-order valence-corrected chi connectivity index (χ2v) is 12.1. The van der Waals surface area contributed by atoms with Gasteiger partial charge in [-0.25, -0.2) is 14.2 Å². The van der Waals surface area contributed by atoms with Gasteiger partial charge in [-0.2, -0.15) is 5.26 Å². The van der Waals surface area contributed by atoms with Crippen molar-refractivity contribution >= 4 is 44.7 Å². The van der Waals surface area contributed by atoms with Gasteiger partial charge in [0, 0.05) is 68.0 Å². The van der Waals surface area contributed by atoms with E-state index in [1.165, 1.54) is 23.5 Å². The van der Waals surface area contributed by atoms with Gasteiger partial charge in [0.1, 0.15) is 28.1 Å². The SMILES string of the molecule is CCn1cc(N(C)c2nc(-c3ccc(F)cc3)c(C#N)s2)c2cc(N3CCN(C(=O)OC(C)(C)C)CC3)ccc2c1=O. The zero-order valence-corrected chi connectivity index (χ0v) is 25.2. The molecule has 0 radical (unpaired) electrons. The molecule has 1 amide bonds. The van der Waals surface area contributed by atoms with E-state index in [1.54, 1.807) is 21.6 Å². The minimum absolute atomic E-state index is 0.0881. The number of halogens is 1. The standard InChI is InChI=1S/C31H33FN6O3S/c1-6-36-19-25(35(5)29-34-27(26(18-33)42-29)20-7-9-21(32)10-8-20)24-17-22(11-12-23(24)28(36)39)37-13-15-38(16-14-37)30(40)41-31(2,3)4/h7-12,17,19H,6,13-16H2,1-5H3. The predicted molar refractivity (Wildman–Crippen MR) is 164 cm³/mol. The summed E-state index contributed by atoms with van der Waals surface area (Å²) in [6.45, 7) is 10.3. The number of thiazole rings is 1. The van der Waals surface area contributed by atoms with Crippen LogP contribution >= 0.6 is 11.3 Å². The van der Waals surface area contributed by atoms with E-state index in [9.17, 15) is 19.2 Å². The summed E-state index contributed by atoms with van der Waals surface area (Å²) >= 11 is 1.24. The lowest BCUT2D eigenvalue weighted by Crippen LogP contribution is -2.50. The van der Waals surface area contributed by atoms with Gasteiger partial charge in [0.2, 0.25) is 0 Å². The Hall–Kier alpha value is -4.43. The molecule has 5 rings (SSSR count). The molecule has 11 heteroatoms. The lowest BCUT2D eigenvalue weighted by atomic mass is 10.1. The molecule has 1 saturated heterocycles. The molecular weight excluding hydrogens is 555 g/mol. The van der Waals surface area contributed by atoms with E-state index in [-0.39, 0.29) is 17.5 Å². The van der Waals surface area contributed by atoms with Gasteiger partial charge in [0.15, 0.2) is 5.13 Å². The van der Waals surface area contributed by atoms with Crippen LogP contribution < -0.4 is 15.4 Å². The van der Waals surface area contributed by atoms with E-state index in [0.29, 0.717) is 59.4 Å². The monoisotopic (exact) mass is 588 g/mol. The summed E-state index contributed by atoms with van der Waals surface area (Å²) in [5.41, 5.74) is 2.21. The lowest BCUT2D eigenvalue weighted by Gasteiger charge is -2.37. The number of nitrogens with zero attached hydrogens (tertiary/aromatic N) is 6. The van der Waals surface area contributed by atoms with Crippen molar-refractivity contribution < 1.29 is 13.9 Å². The average Bonchev–Trinajstić information content (AvgIpc) is 3.41. The van der Waals surface area contributed by atoms with Crippen LogP contribution in [0.4, 0.5) is 25.7 Å². The highest BCUT2D eigenvalue weighted by atomic mass is 32.1. The number of piperazine rings is 1. The fraction of sp³-hybridized carbons (Fsp3) is 0.355. The molecule has 1 fully saturated rings. The van der Waals surface area contributed by atoms with Crippen molar-refractivity contribution in [3.8, 4) is 17.3 Å². The third-order valence-corrected chi connectivity index (χ3v) is 8.21. The highest BCUT2D eigenvalue weighted by Crippen LogP contribution is 2.38. The van der Waals surface area contributed by atoms with Gasteiger partial charge in [-0.3, -0.25) is 4.79 Å². The molecule has 42 heavy (non-hydrogen) atoms. The molecule has 2 aromatic carbocycles. The number of carbonyl (C=O) groups excluding carboxylic acids is 1. The Labute approximate surface area is 248 Å². The fourth-order valence-electron chi connectivity index (χ4n) is 4.97. The van der Waals surface area contributed by atoms with Crippen LogP contribution in [0.5, 0.6) is 0 Å². The summed E-state index contributed by atoms with van der Waals surface area (Å²) in [4.78, 5) is 36.8. The van der Waals surface area contributed by atoms with Crippen molar-refractivity contribution in [2.75, 3.05) is 43.0 Å². The summed E-state index contributed by atoms with van der Waals surface area (Å²) in [5, 5.41) is 11.7. The molecule has 3 heterocycles. The number of aromatic nitrogens is 2. The molecule has 9 nitrogen and oxygen atoms in total. The van der Waals surface area contributed by atoms with Crippen molar-refractivity contribution in [3.63, 3.8) is 0 Å². The zero-order chi connectivity index (χ0) is 30.2.